The van der Waals surface area contributed by atoms with E-state index in [9.17, 15) is 4.79 Å². The van der Waals surface area contributed by atoms with Crippen molar-refractivity contribution in [2.24, 2.45) is 0 Å². The standard InChI is InChI=1S/C16H22O3/c1-2-13-19-15-11-9-14(10-12-15)7-5-3-4-6-8-16(17)18/h5,7,9-12H,2-4,6,8,13H2,1H3,(H,17,18). The molecule has 1 aromatic rings. The maximum absolute atomic E-state index is 10.3. The third kappa shape index (κ3) is 7.29. The third-order valence-corrected chi connectivity index (χ3v) is 2.67. The molecule has 0 aliphatic rings. The first-order valence-electron chi connectivity index (χ1n) is 6.83. The van der Waals surface area contributed by atoms with Crippen LogP contribution in [0.4, 0.5) is 0 Å². The highest BCUT2D eigenvalue weighted by atomic mass is 16.5. The smallest absolute Gasteiger partial charge is 0.303 e. The molecule has 1 N–H and O–H groups in total. The van der Waals surface area contributed by atoms with E-state index in [-0.39, 0.29) is 6.42 Å². The molecule has 0 aliphatic heterocycles. The summed E-state index contributed by atoms with van der Waals surface area (Å²) in [5.74, 6) is 0.187. The molecule has 0 aliphatic carbocycles. The molecule has 1 rings (SSSR count). The lowest BCUT2D eigenvalue weighted by Gasteiger charge is -2.03. The summed E-state index contributed by atoms with van der Waals surface area (Å²) in [4.78, 5) is 10.3. The van der Waals surface area contributed by atoms with Gasteiger partial charge in [0.05, 0.1) is 6.61 Å². The molecule has 0 aromatic heterocycles. The molecule has 19 heavy (non-hydrogen) atoms. The summed E-state index contributed by atoms with van der Waals surface area (Å²) in [6, 6.07) is 8.00. The molecule has 1 aromatic carbocycles. The minimum atomic E-state index is -0.716. The largest absolute Gasteiger partial charge is 0.494 e. The predicted molar refractivity (Wildman–Crippen MR) is 77.4 cm³/mol. The Morgan fingerprint density at radius 3 is 2.63 bits per heavy atom. The summed E-state index contributed by atoms with van der Waals surface area (Å²) in [6.45, 7) is 2.83. The number of carbonyl (C=O) groups is 1. The van der Waals surface area contributed by atoms with Gasteiger partial charge >= 0.3 is 5.97 Å². The van der Waals surface area contributed by atoms with Crippen LogP contribution >= 0.6 is 0 Å². The second-order valence-electron chi connectivity index (χ2n) is 4.46. The van der Waals surface area contributed by atoms with Gasteiger partial charge in [0.1, 0.15) is 5.75 Å². The summed E-state index contributed by atoms with van der Waals surface area (Å²) < 4.78 is 5.51. The van der Waals surface area contributed by atoms with Gasteiger partial charge in [-0.2, -0.15) is 0 Å². The van der Waals surface area contributed by atoms with E-state index >= 15 is 0 Å². The van der Waals surface area contributed by atoms with Crippen LogP contribution in [0.3, 0.4) is 0 Å². The second-order valence-corrected chi connectivity index (χ2v) is 4.46. The number of hydrogen-bond donors (Lipinski definition) is 1. The summed E-state index contributed by atoms with van der Waals surface area (Å²) in [6.07, 6.45) is 7.99. The van der Waals surface area contributed by atoms with Crippen molar-refractivity contribution in [3.63, 3.8) is 0 Å². The van der Waals surface area contributed by atoms with Crippen LogP contribution in [-0.2, 0) is 4.79 Å². The Labute approximate surface area is 114 Å². The van der Waals surface area contributed by atoms with E-state index < -0.39 is 5.97 Å². The second kappa shape index (κ2) is 9.20. The van der Waals surface area contributed by atoms with Crippen molar-refractivity contribution in [2.45, 2.75) is 39.0 Å². The minimum absolute atomic E-state index is 0.261. The van der Waals surface area contributed by atoms with Crippen molar-refractivity contribution < 1.29 is 14.6 Å². The molecular formula is C16H22O3. The normalized spacial score (nSPS) is 10.8. The zero-order chi connectivity index (χ0) is 13.9. The maximum atomic E-state index is 10.3. The Morgan fingerprint density at radius 2 is 2.00 bits per heavy atom. The maximum Gasteiger partial charge on any atom is 0.303 e. The number of hydrogen-bond acceptors (Lipinski definition) is 2. The van der Waals surface area contributed by atoms with Crippen molar-refractivity contribution >= 4 is 12.0 Å². The van der Waals surface area contributed by atoms with Gasteiger partial charge in [-0.3, -0.25) is 4.79 Å². The highest BCUT2D eigenvalue weighted by molar-refractivity contribution is 5.66. The van der Waals surface area contributed by atoms with E-state index in [4.69, 9.17) is 9.84 Å². The van der Waals surface area contributed by atoms with Crippen LogP contribution in [-0.4, -0.2) is 17.7 Å². The zero-order valence-electron chi connectivity index (χ0n) is 11.5. The van der Waals surface area contributed by atoms with Gasteiger partial charge < -0.3 is 9.84 Å². The molecular weight excluding hydrogens is 240 g/mol. The van der Waals surface area contributed by atoms with Gasteiger partial charge in [-0.15, -0.1) is 0 Å². The summed E-state index contributed by atoms with van der Waals surface area (Å²) in [5.41, 5.74) is 1.14. The number of ether oxygens (including phenoxy) is 1. The fourth-order valence-corrected chi connectivity index (χ4v) is 1.65. The summed E-state index contributed by atoms with van der Waals surface area (Å²) in [7, 11) is 0. The van der Waals surface area contributed by atoms with E-state index in [0.29, 0.717) is 0 Å². The lowest BCUT2D eigenvalue weighted by molar-refractivity contribution is -0.137. The van der Waals surface area contributed by atoms with Crippen LogP contribution in [0, 0.1) is 0 Å². The van der Waals surface area contributed by atoms with Crippen molar-refractivity contribution in [3.05, 3.63) is 35.9 Å². The average molecular weight is 262 g/mol. The molecule has 3 heteroatoms. The Hall–Kier alpha value is -1.77. The number of allylic oxidation sites excluding steroid dienone is 1. The van der Waals surface area contributed by atoms with Crippen molar-refractivity contribution in [1.82, 2.24) is 0 Å². The number of unbranched alkanes of at least 4 members (excludes halogenated alkanes) is 2. The molecule has 0 amide bonds. The third-order valence-electron chi connectivity index (χ3n) is 2.67. The predicted octanol–water partition coefficient (Wildman–Crippen LogP) is 4.13. The fraction of sp³-hybridized carbons (Fsp3) is 0.438. The van der Waals surface area contributed by atoms with Crippen molar-refractivity contribution in [2.75, 3.05) is 6.61 Å². The molecule has 0 unspecified atom stereocenters. The number of carboxylic acid groups (broad SMARTS) is 1. The SMILES string of the molecule is CCCOc1ccc(C=CCCCCC(=O)O)cc1. The Kier molecular flexibility index (Phi) is 7.40. The Balaban J connectivity index is 2.26. The van der Waals surface area contributed by atoms with E-state index in [1.807, 2.05) is 24.3 Å². The van der Waals surface area contributed by atoms with Crippen LogP contribution in [0.5, 0.6) is 5.75 Å². The number of aliphatic carboxylic acids is 1. The molecule has 0 atom stereocenters. The topological polar surface area (TPSA) is 46.5 Å². The quantitative estimate of drug-likeness (QED) is 0.680. The number of carboxylic acids is 1. The van der Waals surface area contributed by atoms with Gasteiger partial charge in [-0.25, -0.2) is 0 Å². The number of benzene rings is 1. The molecule has 0 bridgehead atoms. The van der Waals surface area contributed by atoms with Crippen LogP contribution in [0.2, 0.25) is 0 Å². The van der Waals surface area contributed by atoms with E-state index in [2.05, 4.69) is 19.1 Å². The Morgan fingerprint density at radius 1 is 1.26 bits per heavy atom. The first kappa shape index (κ1) is 15.3. The van der Waals surface area contributed by atoms with Crippen LogP contribution in [0.1, 0.15) is 44.6 Å². The lowest BCUT2D eigenvalue weighted by atomic mass is 10.1. The summed E-state index contributed by atoms with van der Waals surface area (Å²) >= 11 is 0. The van der Waals surface area contributed by atoms with Crippen molar-refractivity contribution in [3.8, 4) is 5.75 Å². The first-order valence-corrected chi connectivity index (χ1v) is 6.83. The van der Waals surface area contributed by atoms with Gasteiger partial charge in [0.2, 0.25) is 0 Å². The van der Waals surface area contributed by atoms with Gasteiger partial charge in [0.15, 0.2) is 0 Å². The molecule has 0 heterocycles. The van der Waals surface area contributed by atoms with Crippen LogP contribution in [0.15, 0.2) is 30.3 Å². The highest BCUT2D eigenvalue weighted by Gasteiger charge is 1.95. The van der Waals surface area contributed by atoms with E-state index in [1.165, 1.54) is 0 Å². The van der Waals surface area contributed by atoms with Gasteiger partial charge in [0.25, 0.3) is 0 Å². The van der Waals surface area contributed by atoms with E-state index in [1.54, 1.807) is 0 Å². The fourth-order valence-electron chi connectivity index (χ4n) is 1.65. The molecule has 0 saturated heterocycles. The highest BCUT2D eigenvalue weighted by Crippen LogP contribution is 2.14. The molecule has 0 radical (unpaired) electrons. The molecule has 0 fully saturated rings. The van der Waals surface area contributed by atoms with Gasteiger partial charge in [0, 0.05) is 6.42 Å². The molecule has 3 nitrogen and oxygen atoms in total. The van der Waals surface area contributed by atoms with Crippen LogP contribution < -0.4 is 4.74 Å². The lowest BCUT2D eigenvalue weighted by Crippen LogP contribution is -1.94. The van der Waals surface area contributed by atoms with Gasteiger partial charge in [-0.05, 0) is 43.4 Å². The zero-order valence-corrected chi connectivity index (χ0v) is 11.5. The Bertz CT molecular complexity index is 393. The van der Waals surface area contributed by atoms with Crippen molar-refractivity contribution in [1.29, 1.82) is 0 Å². The van der Waals surface area contributed by atoms with Gasteiger partial charge in [-0.1, -0.05) is 31.2 Å². The van der Waals surface area contributed by atoms with Crippen LogP contribution in [0.25, 0.3) is 6.08 Å². The monoisotopic (exact) mass is 262 g/mol. The summed E-state index contributed by atoms with van der Waals surface area (Å²) in [5, 5.41) is 8.51. The number of rotatable bonds is 9. The average Bonchev–Trinajstić information content (AvgIpc) is 2.41. The first-order chi connectivity index (χ1) is 9.22. The minimum Gasteiger partial charge on any atom is -0.494 e. The molecule has 104 valence electrons. The van der Waals surface area contributed by atoms with E-state index in [0.717, 1.165) is 43.6 Å². The molecule has 0 saturated carbocycles. The molecule has 0 spiro atoms.